The molecule has 1 fully saturated rings. The molecule has 1 heterocycles. The monoisotopic (exact) mass is 392 g/mol. The van der Waals surface area contributed by atoms with Crippen molar-refractivity contribution in [3.8, 4) is 0 Å². The summed E-state index contributed by atoms with van der Waals surface area (Å²) in [5.74, 6) is -0.211. The molecule has 0 bridgehead atoms. The maximum absolute atomic E-state index is 12.1. The van der Waals surface area contributed by atoms with E-state index in [0.29, 0.717) is 18.0 Å². The zero-order valence-corrected chi connectivity index (χ0v) is 15.1. The van der Waals surface area contributed by atoms with Crippen LogP contribution in [0, 0.1) is 6.92 Å². The lowest BCUT2D eigenvalue weighted by Gasteiger charge is -2.17. The molecule has 1 saturated heterocycles. The zero-order chi connectivity index (χ0) is 15.4. The van der Waals surface area contributed by atoms with Gasteiger partial charge in [0.25, 0.3) is 5.91 Å². The fraction of sp³-hybridized carbons (Fsp3) is 0.533. The van der Waals surface area contributed by atoms with Gasteiger partial charge >= 0.3 is 0 Å². The van der Waals surface area contributed by atoms with Crippen molar-refractivity contribution >= 4 is 45.6 Å². The third-order valence-electron chi connectivity index (χ3n) is 3.53. The molecule has 0 aliphatic carbocycles. The van der Waals surface area contributed by atoms with Crippen LogP contribution < -0.4 is 11.1 Å². The van der Waals surface area contributed by atoms with Gasteiger partial charge < -0.3 is 20.5 Å². The average Bonchev–Trinajstić information content (AvgIpc) is 2.94. The number of hydrogen-bond acceptors (Lipinski definition) is 4. The maximum Gasteiger partial charge on any atom is 0.253 e. The van der Waals surface area contributed by atoms with Gasteiger partial charge in [0.2, 0.25) is 0 Å². The lowest BCUT2D eigenvalue weighted by molar-refractivity contribution is -0.128. The summed E-state index contributed by atoms with van der Waals surface area (Å²) in [6.07, 6.45) is 1.61. The molecule has 0 aromatic heterocycles. The quantitative estimate of drug-likeness (QED) is 0.753. The summed E-state index contributed by atoms with van der Waals surface area (Å²) in [5, 5.41) is 2.81. The third-order valence-corrected chi connectivity index (χ3v) is 3.99. The molecule has 3 N–H and O–H groups in total. The molecule has 124 valence electrons. The summed E-state index contributed by atoms with van der Waals surface area (Å²) in [6.45, 7) is 4.85. The fourth-order valence-corrected chi connectivity index (χ4v) is 2.77. The number of anilines is 2. The van der Waals surface area contributed by atoms with Crippen molar-refractivity contribution in [1.82, 2.24) is 0 Å². The second kappa shape index (κ2) is 8.72. The van der Waals surface area contributed by atoms with Crippen molar-refractivity contribution in [2.45, 2.75) is 38.9 Å². The SMILES string of the molecule is Cc1cc(Br)cc(NC(=O)C(C)OCC2CCCO2)c1N.Cl. The molecule has 1 aliphatic heterocycles. The Morgan fingerprint density at radius 3 is 2.95 bits per heavy atom. The molecular weight excluding hydrogens is 372 g/mol. The van der Waals surface area contributed by atoms with Gasteiger partial charge in [0, 0.05) is 11.1 Å². The van der Waals surface area contributed by atoms with Crippen molar-refractivity contribution in [3.63, 3.8) is 0 Å². The molecule has 2 rings (SSSR count). The number of carbonyl (C=O) groups excluding carboxylic acids is 1. The second-order valence-electron chi connectivity index (χ2n) is 5.28. The Morgan fingerprint density at radius 2 is 2.32 bits per heavy atom. The van der Waals surface area contributed by atoms with E-state index in [2.05, 4.69) is 21.2 Å². The number of hydrogen-bond donors (Lipinski definition) is 2. The minimum absolute atomic E-state index is 0. The maximum atomic E-state index is 12.1. The Hall–Kier alpha value is -0.820. The molecule has 22 heavy (non-hydrogen) atoms. The molecule has 1 aromatic carbocycles. The Kier molecular flexibility index (Phi) is 7.62. The number of amides is 1. The van der Waals surface area contributed by atoms with E-state index in [1.165, 1.54) is 0 Å². The highest BCUT2D eigenvalue weighted by Crippen LogP contribution is 2.27. The number of nitrogens with one attached hydrogen (secondary N) is 1. The van der Waals surface area contributed by atoms with Crippen LogP contribution >= 0.6 is 28.3 Å². The Labute approximate surface area is 145 Å². The molecular formula is C15H22BrClN2O3. The van der Waals surface area contributed by atoms with Crippen LogP contribution in [0.4, 0.5) is 11.4 Å². The van der Waals surface area contributed by atoms with Gasteiger partial charge in [0.15, 0.2) is 0 Å². The first kappa shape index (κ1) is 19.2. The van der Waals surface area contributed by atoms with Gasteiger partial charge in [-0.2, -0.15) is 0 Å². The van der Waals surface area contributed by atoms with Crippen LogP contribution in [0.2, 0.25) is 0 Å². The highest BCUT2D eigenvalue weighted by Gasteiger charge is 2.20. The van der Waals surface area contributed by atoms with Crippen LogP contribution in [-0.4, -0.2) is 31.3 Å². The van der Waals surface area contributed by atoms with Crippen molar-refractivity contribution in [1.29, 1.82) is 0 Å². The summed E-state index contributed by atoms with van der Waals surface area (Å²) in [6, 6.07) is 3.69. The van der Waals surface area contributed by atoms with Crippen LogP contribution in [-0.2, 0) is 14.3 Å². The molecule has 7 heteroatoms. The Morgan fingerprint density at radius 1 is 1.59 bits per heavy atom. The van der Waals surface area contributed by atoms with Gasteiger partial charge in [0.1, 0.15) is 6.10 Å². The smallest absolute Gasteiger partial charge is 0.253 e. The Bertz CT molecular complexity index is 522. The van der Waals surface area contributed by atoms with E-state index >= 15 is 0 Å². The lowest BCUT2D eigenvalue weighted by Crippen LogP contribution is -2.30. The summed E-state index contributed by atoms with van der Waals surface area (Å²) >= 11 is 3.39. The van der Waals surface area contributed by atoms with E-state index in [-0.39, 0.29) is 24.4 Å². The number of nitrogens with two attached hydrogens (primary N) is 1. The second-order valence-corrected chi connectivity index (χ2v) is 6.20. The average molecular weight is 394 g/mol. The molecule has 0 saturated carbocycles. The number of benzene rings is 1. The largest absolute Gasteiger partial charge is 0.397 e. The first-order valence-corrected chi connectivity index (χ1v) is 7.86. The van der Waals surface area contributed by atoms with Gasteiger partial charge in [-0.25, -0.2) is 0 Å². The molecule has 2 unspecified atom stereocenters. The van der Waals surface area contributed by atoms with E-state index in [1.54, 1.807) is 13.0 Å². The van der Waals surface area contributed by atoms with E-state index in [0.717, 1.165) is 29.5 Å². The van der Waals surface area contributed by atoms with Crippen molar-refractivity contribution in [2.24, 2.45) is 0 Å². The van der Waals surface area contributed by atoms with Crippen molar-refractivity contribution in [3.05, 3.63) is 22.2 Å². The van der Waals surface area contributed by atoms with E-state index in [9.17, 15) is 4.79 Å². The minimum Gasteiger partial charge on any atom is -0.397 e. The normalized spacial score (nSPS) is 18.6. The first-order chi connectivity index (χ1) is 9.97. The Balaban J connectivity index is 0.00000242. The van der Waals surface area contributed by atoms with E-state index < -0.39 is 6.10 Å². The topological polar surface area (TPSA) is 73.6 Å². The molecule has 2 atom stereocenters. The zero-order valence-electron chi connectivity index (χ0n) is 12.7. The highest BCUT2D eigenvalue weighted by atomic mass is 79.9. The molecule has 0 spiro atoms. The predicted octanol–water partition coefficient (Wildman–Crippen LogP) is 3.28. The number of rotatable bonds is 5. The standard InChI is InChI=1S/C15H21BrN2O3.ClH/c1-9-6-11(16)7-13(14(9)17)18-15(19)10(2)21-8-12-4-3-5-20-12;/h6-7,10,12H,3-5,8,17H2,1-2H3,(H,18,19);1H. The van der Waals surface area contributed by atoms with Crippen LogP contribution in [0.25, 0.3) is 0 Å². The van der Waals surface area contributed by atoms with Crippen LogP contribution in [0.15, 0.2) is 16.6 Å². The third kappa shape index (κ3) is 5.12. The van der Waals surface area contributed by atoms with E-state index in [1.807, 2.05) is 13.0 Å². The van der Waals surface area contributed by atoms with Crippen LogP contribution in [0.3, 0.4) is 0 Å². The van der Waals surface area contributed by atoms with E-state index in [4.69, 9.17) is 15.2 Å². The number of carbonyl (C=O) groups is 1. The van der Waals surface area contributed by atoms with Crippen LogP contribution in [0.5, 0.6) is 0 Å². The molecule has 1 aliphatic rings. The fourth-order valence-electron chi connectivity index (χ4n) is 2.20. The van der Waals surface area contributed by atoms with Crippen molar-refractivity contribution < 1.29 is 14.3 Å². The van der Waals surface area contributed by atoms with Gasteiger partial charge in [-0.15, -0.1) is 12.4 Å². The number of halogens is 2. The summed E-state index contributed by atoms with van der Waals surface area (Å²) in [4.78, 5) is 12.1. The van der Waals surface area contributed by atoms with Gasteiger partial charge in [-0.3, -0.25) is 4.79 Å². The summed E-state index contributed by atoms with van der Waals surface area (Å²) in [5.41, 5.74) is 8.05. The number of ether oxygens (including phenoxy) is 2. The molecule has 1 amide bonds. The predicted molar refractivity (Wildman–Crippen MR) is 93.6 cm³/mol. The molecule has 1 aromatic rings. The lowest BCUT2D eigenvalue weighted by atomic mass is 10.1. The highest BCUT2D eigenvalue weighted by molar-refractivity contribution is 9.10. The minimum atomic E-state index is -0.548. The number of nitrogen functional groups attached to an aromatic ring is 1. The number of aryl methyl sites for hydroxylation is 1. The summed E-state index contributed by atoms with van der Waals surface area (Å²) < 4.78 is 11.9. The van der Waals surface area contributed by atoms with Gasteiger partial charge in [-0.1, -0.05) is 15.9 Å². The first-order valence-electron chi connectivity index (χ1n) is 7.07. The molecule has 5 nitrogen and oxygen atoms in total. The summed E-state index contributed by atoms with van der Waals surface area (Å²) in [7, 11) is 0. The van der Waals surface area contributed by atoms with Gasteiger partial charge in [0.05, 0.1) is 24.1 Å². The van der Waals surface area contributed by atoms with Gasteiger partial charge in [-0.05, 0) is 44.4 Å². The molecule has 0 radical (unpaired) electrons. The van der Waals surface area contributed by atoms with Crippen molar-refractivity contribution in [2.75, 3.05) is 24.3 Å². The van der Waals surface area contributed by atoms with Crippen LogP contribution in [0.1, 0.15) is 25.3 Å².